The first-order chi connectivity index (χ1) is 9.98. The number of halogens is 2. The van der Waals surface area contributed by atoms with Gasteiger partial charge < -0.3 is 24.8 Å². The van der Waals surface area contributed by atoms with Crippen LogP contribution < -0.4 is 24.8 Å². The fourth-order valence-corrected chi connectivity index (χ4v) is 2.32. The van der Waals surface area contributed by atoms with Gasteiger partial charge in [-0.1, -0.05) is 53.4 Å². The van der Waals surface area contributed by atoms with Crippen LogP contribution in [-0.2, 0) is 24.2 Å². The molecule has 0 bridgehead atoms. The van der Waals surface area contributed by atoms with E-state index in [0.29, 0.717) is 11.8 Å². The normalized spacial score (nSPS) is 21.5. The minimum atomic E-state index is 0. The van der Waals surface area contributed by atoms with Gasteiger partial charge >= 0.3 is 41.3 Å². The minimum Gasteiger partial charge on any atom is -1.00 e. The second kappa shape index (κ2) is 13.5. The van der Waals surface area contributed by atoms with Crippen LogP contribution in [0.4, 0.5) is 0 Å². The number of rotatable bonds is 0. The van der Waals surface area contributed by atoms with Crippen molar-refractivity contribution < 1.29 is 49.0 Å². The molecule has 136 valence electrons. The van der Waals surface area contributed by atoms with Crippen molar-refractivity contribution in [2.75, 3.05) is 0 Å². The Labute approximate surface area is 178 Å². The van der Waals surface area contributed by atoms with Crippen LogP contribution in [0.25, 0.3) is 0 Å². The summed E-state index contributed by atoms with van der Waals surface area (Å²) in [6, 6.07) is 0. The van der Waals surface area contributed by atoms with Crippen LogP contribution >= 0.6 is 0 Å². The van der Waals surface area contributed by atoms with E-state index in [4.69, 9.17) is 0 Å². The van der Waals surface area contributed by atoms with E-state index < -0.39 is 0 Å². The Balaban J connectivity index is -0.000000283. The van der Waals surface area contributed by atoms with E-state index >= 15 is 0 Å². The average Bonchev–Trinajstić information content (AvgIpc) is 2.75. The largest absolute Gasteiger partial charge is 1.00 e. The standard InChI is InChI=1S/2C9H13.C3H6.2ClH.Zr/c2*1-6-5-7(2)9(4)8(6)3;1-3-2;;;/h2*6H,1-4H3;1-2H3;2*1H;/q2*-1;;;;+2/p-2. The topological polar surface area (TPSA) is 0 Å². The maximum Gasteiger partial charge on any atom is -1.00 e. The van der Waals surface area contributed by atoms with E-state index in [9.17, 15) is 0 Å². The van der Waals surface area contributed by atoms with Crippen LogP contribution in [0.15, 0.2) is 33.4 Å². The van der Waals surface area contributed by atoms with E-state index in [-0.39, 0.29) is 24.8 Å². The molecule has 0 saturated carbocycles. The molecule has 0 nitrogen and oxygen atoms in total. The molecule has 0 amide bonds. The molecule has 24 heavy (non-hydrogen) atoms. The van der Waals surface area contributed by atoms with Gasteiger partial charge in [-0.05, 0) is 0 Å². The van der Waals surface area contributed by atoms with Gasteiger partial charge in [-0.15, -0.1) is 13.8 Å². The van der Waals surface area contributed by atoms with Gasteiger partial charge in [0.05, 0.1) is 0 Å². The van der Waals surface area contributed by atoms with E-state index in [2.05, 4.69) is 81.4 Å². The first-order valence-electron chi connectivity index (χ1n) is 8.06. The third kappa shape index (κ3) is 9.69. The van der Waals surface area contributed by atoms with Crippen molar-refractivity contribution in [3.8, 4) is 0 Å². The summed E-state index contributed by atoms with van der Waals surface area (Å²) < 4.78 is 1.51. The quantitative estimate of drug-likeness (QED) is 0.467. The van der Waals surface area contributed by atoms with Crippen molar-refractivity contribution in [3.63, 3.8) is 0 Å². The molecule has 2 aliphatic carbocycles. The molecule has 0 aromatic heterocycles. The SMILES string of the molecule is CC1=[C-]C(C)C(C)=C1C.CC1=[C-]C(C)C(C)=C1C.C[C](C)=[Zr+2].[Cl-].[Cl-]. The molecule has 0 aliphatic heterocycles. The van der Waals surface area contributed by atoms with E-state index in [1.54, 1.807) is 24.2 Å². The summed E-state index contributed by atoms with van der Waals surface area (Å²) in [4.78, 5) is 0. The number of hydrogen-bond donors (Lipinski definition) is 0. The fraction of sp³-hybridized carbons (Fsp3) is 0.571. The Morgan fingerprint density at radius 3 is 0.958 bits per heavy atom. The van der Waals surface area contributed by atoms with Crippen molar-refractivity contribution in [1.29, 1.82) is 0 Å². The van der Waals surface area contributed by atoms with Gasteiger partial charge in [0.25, 0.3) is 0 Å². The van der Waals surface area contributed by atoms with Crippen LogP contribution in [0.2, 0.25) is 0 Å². The van der Waals surface area contributed by atoms with Crippen LogP contribution in [0.1, 0.15) is 69.2 Å². The van der Waals surface area contributed by atoms with Gasteiger partial charge in [-0.25, -0.2) is 11.1 Å². The van der Waals surface area contributed by atoms with E-state index in [0.717, 1.165) is 0 Å². The molecule has 2 rings (SSSR count). The van der Waals surface area contributed by atoms with Crippen molar-refractivity contribution in [2.24, 2.45) is 11.8 Å². The Morgan fingerprint density at radius 1 is 0.708 bits per heavy atom. The molecule has 2 atom stereocenters. The predicted molar refractivity (Wildman–Crippen MR) is 96.3 cm³/mol. The molecular weight excluding hydrogens is 414 g/mol. The minimum absolute atomic E-state index is 0. The zero-order valence-electron chi connectivity index (χ0n) is 16.9. The molecule has 0 fully saturated rings. The van der Waals surface area contributed by atoms with Crippen LogP contribution in [0, 0.1) is 24.0 Å². The molecule has 2 aliphatic rings. The summed E-state index contributed by atoms with van der Waals surface area (Å²) in [5.41, 5.74) is 8.49. The van der Waals surface area contributed by atoms with Gasteiger partial charge in [0.2, 0.25) is 0 Å². The molecule has 0 heterocycles. The number of hydrogen-bond acceptors (Lipinski definition) is 0. The molecule has 0 aromatic rings. The monoisotopic (exact) mass is 444 g/mol. The van der Waals surface area contributed by atoms with Gasteiger partial charge in [0.15, 0.2) is 0 Å². The molecular formula is C21H32Cl2Zr-2. The molecule has 3 heteroatoms. The fourth-order valence-electron chi connectivity index (χ4n) is 2.32. The van der Waals surface area contributed by atoms with Gasteiger partial charge in [-0.3, -0.25) is 12.2 Å². The number of allylic oxidation sites excluding steroid dienone is 8. The Bertz CT molecular complexity index is 500. The van der Waals surface area contributed by atoms with Crippen molar-refractivity contribution in [2.45, 2.75) is 69.2 Å². The third-order valence-corrected chi connectivity index (χ3v) is 4.47. The maximum absolute atomic E-state index is 3.36. The zero-order valence-corrected chi connectivity index (χ0v) is 20.9. The first kappa shape index (κ1) is 29.1. The van der Waals surface area contributed by atoms with Crippen LogP contribution in [0.3, 0.4) is 0 Å². The average molecular weight is 447 g/mol. The summed E-state index contributed by atoms with van der Waals surface area (Å²) in [5.74, 6) is 1.12. The van der Waals surface area contributed by atoms with E-state index in [1.807, 2.05) is 0 Å². The third-order valence-electron chi connectivity index (χ3n) is 4.47. The summed E-state index contributed by atoms with van der Waals surface area (Å²) >= 11 is 1.55. The van der Waals surface area contributed by atoms with Crippen molar-refractivity contribution >= 4 is 3.21 Å². The van der Waals surface area contributed by atoms with Crippen LogP contribution in [0.5, 0.6) is 0 Å². The molecule has 0 N–H and O–H groups in total. The molecule has 2 unspecified atom stereocenters. The van der Waals surface area contributed by atoms with Crippen molar-refractivity contribution in [3.05, 3.63) is 45.6 Å². The summed E-state index contributed by atoms with van der Waals surface area (Å²) in [7, 11) is 0. The second-order valence-corrected chi connectivity index (χ2v) is 9.06. The smallest absolute Gasteiger partial charge is 1.00 e. The van der Waals surface area contributed by atoms with Crippen molar-refractivity contribution in [1.82, 2.24) is 0 Å². The van der Waals surface area contributed by atoms with Gasteiger partial charge in [-0.2, -0.15) is 22.3 Å². The summed E-state index contributed by atoms with van der Waals surface area (Å²) in [5, 5.41) is 0. The maximum atomic E-state index is 3.36. The molecule has 0 radical (unpaired) electrons. The zero-order chi connectivity index (χ0) is 17.6. The summed E-state index contributed by atoms with van der Waals surface area (Å²) in [6.07, 6.45) is 6.72. The first-order valence-corrected chi connectivity index (χ1v) is 9.29. The second-order valence-electron chi connectivity index (χ2n) is 6.60. The Kier molecular flexibility index (Phi) is 16.3. The van der Waals surface area contributed by atoms with E-state index in [1.165, 1.54) is 36.6 Å². The summed E-state index contributed by atoms with van der Waals surface area (Å²) in [6.45, 7) is 21.6. The van der Waals surface area contributed by atoms with Crippen LogP contribution in [-0.4, -0.2) is 3.21 Å². The molecule has 0 saturated heterocycles. The Hall–Kier alpha value is 0.293. The van der Waals surface area contributed by atoms with Gasteiger partial charge in [0, 0.05) is 0 Å². The van der Waals surface area contributed by atoms with Gasteiger partial charge in [0.1, 0.15) is 0 Å². The predicted octanol–water partition coefficient (Wildman–Crippen LogP) is 0.197. The molecule has 0 spiro atoms. The Morgan fingerprint density at radius 2 is 0.917 bits per heavy atom. The molecule has 0 aromatic carbocycles.